The van der Waals surface area contributed by atoms with E-state index >= 15 is 0 Å². The second-order valence-electron chi connectivity index (χ2n) is 9.61. The molecule has 2 aliphatic rings. The summed E-state index contributed by atoms with van der Waals surface area (Å²) >= 11 is 0. The Balaban J connectivity index is 1.42. The summed E-state index contributed by atoms with van der Waals surface area (Å²) in [4.78, 5) is 27.9. The number of sulfonamides is 1. The summed E-state index contributed by atoms with van der Waals surface area (Å²) in [5.74, 6) is -1.76. The smallest absolute Gasteiger partial charge is 0.244 e. The van der Waals surface area contributed by atoms with Crippen LogP contribution in [0.1, 0.15) is 42.9 Å². The maximum Gasteiger partial charge on any atom is 0.244 e. The first-order valence-electron chi connectivity index (χ1n) is 12.3. The maximum atomic E-state index is 13.3. The molecule has 1 heterocycles. The standard InChI is InChI=1S/C26H33FN4O4S/c1-18-6-12-21(13-7-18)36(34,35)31-16-14-30(15-17-31)23-5-3-2-4-22(23)26(33)29-24(25(28)32)19-8-10-20(27)11-9-19/h6-13,22-24H,2-5,14-17H2,1H3,(H2,28,32)(H,29,33)/t22-,23-,24-/m0/s1. The Kier molecular flexibility index (Phi) is 8.07. The summed E-state index contributed by atoms with van der Waals surface area (Å²) < 4.78 is 41.0. The Morgan fingerprint density at radius 2 is 1.58 bits per heavy atom. The molecule has 1 saturated heterocycles. The molecule has 0 aromatic heterocycles. The van der Waals surface area contributed by atoms with Crippen molar-refractivity contribution in [3.63, 3.8) is 0 Å². The molecule has 0 bridgehead atoms. The molecule has 2 amide bonds. The fourth-order valence-corrected chi connectivity index (χ4v) is 6.63. The van der Waals surface area contributed by atoms with Gasteiger partial charge >= 0.3 is 0 Å². The summed E-state index contributed by atoms with van der Waals surface area (Å²) in [6.45, 7) is 3.66. The van der Waals surface area contributed by atoms with Gasteiger partial charge in [0.15, 0.2) is 0 Å². The summed E-state index contributed by atoms with van der Waals surface area (Å²) in [5.41, 5.74) is 6.98. The fourth-order valence-electron chi connectivity index (χ4n) is 5.21. The third-order valence-electron chi connectivity index (χ3n) is 7.24. The number of hydrogen-bond acceptors (Lipinski definition) is 5. The van der Waals surface area contributed by atoms with E-state index in [1.807, 2.05) is 6.92 Å². The number of primary amides is 1. The van der Waals surface area contributed by atoms with Crippen LogP contribution in [0.25, 0.3) is 0 Å². The molecular formula is C26H33FN4O4S. The van der Waals surface area contributed by atoms with Gasteiger partial charge in [-0.05, 0) is 49.6 Å². The minimum atomic E-state index is -3.57. The van der Waals surface area contributed by atoms with Gasteiger partial charge in [0, 0.05) is 32.2 Å². The van der Waals surface area contributed by atoms with E-state index in [4.69, 9.17) is 5.73 Å². The molecule has 36 heavy (non-hydrogen) atoms. The van der Waals surface area contributed by atoms with Gasteiger partial charge in [-0.2, -0.15) is 4.31 Å². The summed E-state index contributed by atoms with van der Waals surface area (Å²) in [7, 11) is -3.57. The summed E-state index contributed by atoms with van der Waals surface area (Å²) in [5, 5.41) is 2.78. The molecule has 3 atom stereocenters. The largest absolute Gasteiger partial charge is 0.368 e. The summed E-state index contributed by atoms with van der Waals surface area (Å²) in [6, 6.07) is 11.1. The van der Waals surface area contributed by atoms with E-state index in [0.29, 0.717) is 38.2 Å². The van der Waals surface area contributed by atoms with Gasteiger partial charge in [0.1, 0.15) is 11.9 Å². The highest BCUT2D eigenvalue weighted by Gasteiger charge is 2.39. The van der Waals surface area contributed by atoms with Crippen molar-refractivity contribution >= 4 is 21.8 Å². The van der Waals surface area contributed by atoms with Crippen LogP contribution in [0.15, 0.2) is 53.4 Å². The van der Waals surface area contributed by atoms with Gasteiger partial charge in [-0.25, -0.2) is 12.8 Å². The van der Waals surface area contributed by atoms with Gasteiger partial charge in [0.2, 0.25) is 21.8 Å². The van der Waals surface area contributed by atoms with E-state index in [1.54, 1.807) is 24.3 Å². The number of amides is 2. The second-order valence-corrected chi connectivity index (χ2v) is 11.5. The molecule has 2 aromatic rings. The zero-order valence-electron chi connectivity index (χ0n) is 20.4. The second kappa shape index (κ2) is 11.1. The number of nitrogens with one attached hydrogen (secondary N) is 1. The molecule has 1 aliphatic heterocycles. The van der Waals surface area contributed by atoms with Gasteiger partial charge in [-0.3, -0.25) is 14.5 Å². The van der Waals surface area contributed by atoms with Crippen LogP contribution in [-0.4, -0.2) is 61.7 Å². The molecule has 1 saturated carbocycles. The molecular weight excluding hydrogens is 483 g/mol. The van der Waals surface area contributed by atoms with E-state index in [9.17, 15) is 22.4 Å². The predicted molar refractivity (Wildman–Crippen MR) is 134 cm³/mol. The lowest BCUT2D eigenvalue weighted by Crippen LogP contribution is -2.56. The lowest BCUT2D eigenvalue weighted by atomic mass is 9.82. The van der Waals surface area contributed by atoms with E-state index in [2.05, 4.69) is 10.2 Å². The Labute approximate surface area is 211 Å². The molecule has 8 nitrogen and oxygen atoms in total. The molecule has 2 fully saturated rings. The third-order valence-corrected chi connectivity index (χ3v) is 9.15. The van der Waals surface area contributed by atoms with Crippen molar-refractivity contribution in [2.75, 3.05) is 26.2 Å². The van der Waals surface area contributed by atoms with Gasteiger partial charge < -0.3 is 11.1 Å². The van der Waals surface area contributed by atoms with Crippen LogP contribution >= 0.6 is 0 Å². The minimum absolute atomic E-state index is 0.0512. The van der Waals surface area contributed by atoms with Gasteiger partial charge in [-0.1, -0.05) is 42.7 Å². The molecule has 1 aliphatic carbocycles. The van der Waals surface area contributed by atoms with Crippen LogP contribution in [0.4, 0.5) is 4.39 Å². The van der Waals surface area contributed by atoms with E-state index in [0.717, 1.165) is 24.8 Å². The Hall–Kier alpha value is -2.82. The first-order valence-corrected chi connectivity index (χ1v) is 13.8. The number of carbonyl (C=O) groups is 2. The maximum absolute atomic E-state index is 13.3. The highest BCUT2D eigenvalue weighted by Crippen LogP contribution is 2.31. The van der Waals surface area contributed by atoms with Crippen LogP contribution in [0.5, 0.6) is 0 Å². The van der Waals surface area contributed by atoms with Crippen molar-refractivity contribution in [1.29, 1.82) is 0 Å². The first-order chi connectivity index (χ1) is 17.2. The fraction of sp³-hybridized carbons (Fsp3) is 0.462. The number of rotatable bonds is 7. The monoisotopic (exact) mass is 516 g/mol. The van der Waals surface area contributed by atoms with E-state index in [-0.39, 0.29) is 22.8 Å². The summed E-state index contributed by atoms with van der Waals surface area (Å²) in [6.07, 6.45) is 3.37. The van der Waals surface area contributed by atoms with E-state index < -0.39 is 27.8 Å². The number of piperazine rings is 1. The van der Waals surface area contributed by atoms with Gasteiger partial charge in [-0.15, -0.1) is 0 Å². The van der Waals surface area contributed by atoms with Gasteiger partial charge in [0.05, 0.1) is 10.8 Å². The van der Waals surface area contributed by atoms with Crippen molar-refractivity contribution in [1.82, 2.24) is 14.5 Å². The van der Waals surface area contributed by atoms with Crippen LogP contribution in [0.2, 0.25) is 0 Å². The van der Waals surface area contributed by atoms with Crippen molar-refractivity contribution in [2.24, 2.45) is 11.7 Å². The van der Waals surface area contributed by atoms with Crippen molar-refractivity contribution in [2.45, 2.75) is 49.6 Å². The number of aryl methyl sites for hydroxylation is 1. The predicted octanol–water partition coefficient (Wildman–Crippen LogP) is 2.34. The molecule has 3 N–H and O–H groups in total. The molecule has 10 heteroatoms. The number of carbonyl (C=O) groups excluding carboxylic acids is 2. The quantitative estimate of drug-likeness (QED) is 0.587. The third kappa shape index (κ3) is 5.77. The molecule has 0 spiro atoms. The molecule has 0 radical (unpaired) electrons. The Bertz CT molecular complexity index is 1180. The lowest BCUT2D eigenvalue weighted by molar-refractivity contribution is -0.133. The van der Waals surface area contributed by atoms with Crippen LogP contribution in [0, 0.1) is 18.7 Å². The SMILES string of the molecule is Cc1ccc(S(=O)(=O)N2CCN([C@H]3CCCC[C@@H]3C(=O)N[C@H](C(N)=O)c3ccc(F)cc3)CC2)cc1. The number of halogens is 1. The first kappa shape index (κ1) is 26.2. The zero-order valence-corrected chi connectivity index (χ0v) is 21.2. The van der Waals surface area contributed by atoms with Crippen molar-refractivity contribution in [3.8, 4) is 0 Å². The average Bonchev–Trinajstić information content (AvgIpc) is 2.88. The highest BCUT2D eigenvalue weighted by molar-refractivity contribution is 7.89. The highest BCUT2D eigenvalue weighted by atomic mass is 32.2. The topological polar surface area (TPSA) is 113 Å². The van der Waals surface area contributed by atoms with Crippen LogP contribution < -0.4 is 11.1 Å². The van der Waals surface area contributed by atoms with Crippen LogP contribution in [0.3, 0.4) is 0 Å². The van der Waals surface area contributed by atoms with E-state index in [1.165, 1.54) is 28.6 Å². The molecule has 194 valence electrons. The molecule has 4 rings (SSSR count). The van der Waals surface area contributed by atoms with Gasteiger partial charge in [0.25, 0.3) is 0 Å². The Morgan fingerprint density at radius 1 is 0.972 bits per heavy atom. The average molecular weight is 517 g/mol. The number of benzene rings is 2. The number of hydrogen-bond donors (Lipinski definition) is 2. The number of nitrogens with two attached hydrogens (primary N) is 1. The number of nitrogens with zero attached hydrogens (tertiary/aromatic N) is 2. The van der Waals surface area contributed by atoms with Crippen molar-refractivity contribution < 1.29 is 22.4 Å². The zero-order chi connectivity index (χ0) is 25.9. The van der Waals surface area contributed by atoms with Crippen LogP contribution in [-0.2, 0) is 19.6 Å². The molecule has 0 unspecified atom stereocenters. The molecule has 2 aromatic carbocycles. The minimum Gasteiger partial charge on any atom is -0.368 e. The van der Waals surface area contributed by atoms with Crippen molar-refractivity contribution in [3.05, 3.63) is 65.5 Å². The normalized spacial score (nSPS) is 22.6. The lowest BCUT2D eigenvalue weighted by Gasteiger charge is -2.43. The Morgan fingerprint density at radius 3 is 2.19 bits per heavy atom.